The van der Waals surface area contributed by atoms with Gasteiger partial charge in [0, 0.05) is 6.54 Å². The average Bonchev–Trinajstić information content (AvgIpc) is 3.12. The first kappa shape index (κ1) is 20.7. The molecule has 4 aromatic rings. The van der Waals surface area contributed by atoms with Crippen molar-refractivity contribution in [2.24, 2.45) is 0 Å². The highest BCUT2D eigenvalue weighted by molar-refractivity contribution is 5.78. The molecule has 0 saturated carbocycles. The van der Waals surface area contributed by atoms with Gasteiger partial charge < -0.3 is 14.6 Å². The van der Waals surface area contributed by atoms with Gasteiger partial charge in [0.25, 0.3) is 5.91 Å². The van der Waals surface area contributed by atoms with Gasteiger partial charge in [0.15, 0.2) is 6.61 Å². The van der Waals surface area contributed by atoms with Crippen molar-refractivity contribution in [3.8, 4) is 5.75 Å². The zero-order chi connectivity index (χ0) is 21.8. The number of fused-ring (bicyclic) bond motifs is 1. The second-order valence-electron chi connectivity index (χ2n) is 7.86. The molecule has 1 aromatic heterocycles. The minimum Gasteiger partial charge on any atom is -0.483 e. The number of aromatic nitrogens is 2. The van der Waals surface area contributed by atoms with E-state index < -0.39 is 0 Å². The van der Waals surface area contributed by atoms with E-state index in [1.165, 1.54) is 11.1 Å². The summed E-state index contributed by atoms with van der Waals surface area (Å²) in [5.41, 5.74) is 6.56. The lowest BCUT2D eigenvalue weighted by Crippen LogP contribution is -2.29. The Morgan fingerprint density at radius 3 is 2.58 bits per heavy atom. The van der Waals surface area contributed by atoms with Gasteiger partial charge in [-0.1, -0.05) is 48.5 Å². The molecule has 1 amide bonds. The van der Waals surface area contributed by atoms with Gasteiger partial charge in [0.1, 0.15) is 11.6 Å². The van der Waals surface area contributed by atoms with Crippen molar-refractivity contribution in [3.05, 3.63) is 94.8 Å². The average molecular weight is 414 g/mol. The minimum atomic E-state index is -0.171. The predicted octanol–water partition coefficient (Wildman–Crippen LogP) is 4.71. The first-order valence-electron chi connectivity index (χ1n) is 10.5. The molecule has 3 aromatic carbocycles. The normalized spacial score (nSPS) is 10.9. The van der Waals surface area contributed by atoms with Crippen LogP contribution in [0.1, 0.15) is 28.1 Å². The monoisotopic (exact) mass is 413 g/mol. The highest BCUT2D eigenvalue weighted by Crippen LogP contribution is 2.20. The molecule has 0 fully saturated rings. The Morgan fingerprint density at radius 2 is 1.74 bits per heavy atom. The molecule has 158 valence electrons. The van der Waals surface area contributed by atoms with Crippen LogP contribution in [0.4, 0.5) is 0 Å². The van der Waals surface area contributed by atoms with E-state index in [4.69, 9.17) is 9.72 Å². The van der Waals surface area contributed by atoms with Gasteiger partial charge in [-0.2, -0.15) is 0 Å². The van der Waals surface area contributed by atoms with Crippen molar-refractivity contribution in [2.45, 2.75) is 33.9 Å². The van der Waals surface area contributed by atoms with E-state index in [1.54, 1.807) is 0 Å². The van der Waals surface area contributed by atoms with Crippen molar-refractivity contribution in [1.82, 2.24) is 14.9 Å². The molecule has 0 aliphatic carbocycles. The number of nitrogens with zero attached hydrogens (tertiary/aromatic N) is 2. The van der Waals surface area contributed by atoms with E-state index in [9.17, 15) is 4.79 Å². The summed E-state index contributed by atoms with van der Waals surface area (Å²) in [6.45, 7) is 7.11. The van der Waals surface area contributed by atoms with Crippen LogP contribution in [-0.2, 0) is 17.9 Å². The second-order valence-corrected chi connectivity index (χ2v) is 7.86. The summed E-state index contributed by atoms with van der Waals surface area (Å²) in [6, 6.07) is 22.4. The number of carbonyl (C=O) groups is 1. The number of amides is 1. The second kappa shape index (κ2) is 9.04. The summed E-state index contributed by atoms with van der Waals surface area (Å²) in [4.78, 5) is 17.2. The van der Waals surface area contributed by atoms with E-state index in [-0.39, 0.29) is 12.5 Å². The number of nitrogens with one attached hydrogen (secondary N) is 1. The van der Waals surface area contributed by atoms with Gasteiger partial charge in [0.05, 0.1) is 17.6 Å². The van der Waals surface area contributed by atoms with Crippen molar-refractivity contribution in [1.29, 1.82) is 0 Å². The van der Waals surface area contributed by atoms with Crippen molar-refractivity contribution >= 4 is 16.9 Å². The molecule has 5 nitrogen and oxygen atoms in total. The van der Waals surface area contributed by atoms with Crippen LogP contribution in [0.2, 0.25) is 0 Å². The molecule has 0 unspecified atom stereocenters. The van der Waals surface area contributed by atoms with Gasteiger partial charge in [-0.15, -0.1) is 0 Å². The lowest BCUT2D eigenvalue weighted by Gasteiger charge is -2.13. The Morgan fingerprint density at radius 1 is 0.968 bits per heavy atom. The highest BCUT2D eigenvalue weighted by atomic mass is 16.5. The number of carbonyl (C=O) groups excluding carboxylic acids is 1. The molecule has 0 saturated heterocycles. The molecular weight excluding hydrogens is 386 g/mol. The molecule has 1 heterocycles. The molecule has 0 bridgehead atoms. The van der Waals surface area contributed by atoms with E-state index in [1.807, 2.05) is 62.4 Å². The minimum absolute atomic E-state index is 0.0255. The fourth-order valence-corrected chi connectivity index (χ4v) is 3.63. The van der Waals surface area contributed by atoms with Gasteiger partial charge in [-0.25, -0.2) is 4.98 Å². The Kier molecular flexibility index (Phi) is 6.03. The van der Waals surface area contributed by atoms with Crippen molar-refractivity contribution < 1.29 is 9.53 Å². The third-order valence-electron chi connectivity index (χ3n) is 5.47. The first-order valence-corrected chi connectivity index (χ1v) is 10.5. The smallest absolute Gasteiger partial charge is 0.258 e. The molecule has 0 aliphatic rings. The van der Waals surface area contributed by atoms with Crippen LogP contribution in [0.5, 0.6) is 5.75 Å². The summed E-state index contributed by atoms with van der Waals surface area (Å²) in [5, 5.41) is 2.96. The highest BCUT2D eigenvalue weighted by Gasteiger charge is 2.13. The largest absolute Gasteiger partial charge is 0.483 e. The number of aryl methyl sites for hydroxylation is 3. The third-order valence-corrected chi connectivity index (χ3v) is 5.47. The summed E-state index contributed by atoms with van der Waals surface area (Å²) in [7, 11) is 0. The van der Waals surface area contributed by atoms with Crippen LogP contribution >= 0.6 is 0 Å². The number of imidazole rings is 1. The van der Waals surface area contributed by atoms with Gasteiger partial charge in [-0.05, 0) is 61.2 Å². The Balaban J connectivity index is 1.48. The van der Waals surface area contributed by atoms with Gasteiger partial charge >= 0.3 is 0 Å². The maximum Gasteiger partial charge on any atom is 0.258 e. The molecule has 5 heteroatoms. The van der Waals surface area contributed by atoms with E-state index >= 15 is 0 Å². The van der Waals surface area contributed by atoms with Crippen molar-refractivity contribution in [2.75, 3.05) is 6.61 Å². The molecule has 0 spiro atoms. The maximum absolute atomic E-state index is 12.5. The summed E-state index contributed by atoms with van der Waals surface area (Å²) in [6.07, 6.45) is 0. The number of hydrogen-bond acceptors (Lipinski definition) is 3. The Hall–Kier alpha value is -3.60. The number of rotatable bonds is 7. The lowest BCUT2D eigenvalue weighted by molar-refractivity contribution is -0.123. The number of hydrogen-bond donors (Lipinski definition) is 1. The molecule has 1 N–H and O–H groups in total. The lowest BCUT2D eigenvalue weighted by atomic mass is 10.1. The zero-order valence-electron chi connectivity index (χ0n) is 18.2. The van der Waals surface area contributed by atoms with Crippen LogP contribution in [0.15, 0.2) is 66.7 Å². The van der Waals surface area contributed by atoms with E-state index in [2.05, 4.69) is 35.0 Å². The number of para-hydroxylation sites is 2. The van der Waals surface area contributed by atoms with Crippen LogP contribution < -0.4 is 10.1 Å². The predicted molar refractivity (Wildman–Crippen MR) is 123 cm³/mol. The third kappa shape index (κ3) is 4.77. The fourth-order valence-electron chi connectivity index (χ4n) is 3.63. The molecular formula is C26H27N3O2. The van der Waals surface area contributed by atoms with E-state index in [0.29, 0.717) is 13.1 Å². The number of ether oxygens (including phenoxy) is 1. The Labute approximate surface area is 182 Å². The Bertz CT molecular complexity index is 1230. The van der Waals surface area contributed by atoms with Crippen LogP contribution in [-0.4, -0.2) is 22.1 Å². The summed E-state index contributed by atoms with van der Waals surface area (Å²) >= 11 is 0. The summed E-state index contributed by atoms with van der Waals surface area (Å²) in [5.74, 6) is 1.39. The molecule has 4 rings (SSSR count). The molecule has 0 aliphatic heterocycles. The standard InChI is InChI=1S/C26H27N3O2/c1-18-12-13-20(3)24(14-18)31-17-26(30)27-15-25-28-22-10-6-7-11-23(22)29(25)16-21-9-5-4-8-19(21)2/h4-14H,15-17H2,1-3H3,(H,27,30). The SMILES string of the molecule is Cc1ccc(C)c(OCC(=O)NCc2nc3ccccc3n2Cc2ccccc2C)c1. The molecule has 0 atom stereocenters. The quantitative estimate of drug-likeness (QED) is 0.478. The molecule has 31 heavy (non-hydrogen) atoms. The van der Waals surface area contributed by atoms with Crippen LogP contribution in [0.25, 0.3) is 11.0 Å². The van der Waals surface area contributed by atoms with Crippen LogP contribution in [0.3, 0.4) is 0 Å². The first-order chi connectivity index (χ1) is 15.0. The topological polar surface area (TPSA) is 56.1 Å². The van der Waals surface area contributed by atoms with Gasteiger partial charge in [0.2, 0.25) is 0 Å². The van der Waals surface area contributed by atoms with Crippen molar-refractivity contribution in [3.63, 3.8) is 0 Å². The zero-order valence-corrected chi connectivity index (χ0v) is 18.2. The summed E-state index contributed by atoms with van der Waals surface area (Å²) < 4.78 is 7.90. The van der Waals surface area contributed by atoms with Gasteiger partial charge in [-0.3, -0.25) is 4.79 Å². The maximum atomic E-state index is 12.5. The molecule has 0 radical (unpaired) electrons. The number of benzene rings is 3. The fraction of sp³-hybridized carbons (Fsp3) is 0.231. The van der Waals surface area contributed by atoms with E-state index in [0.717, 1.165) is 33.7 Å². The van der Waals surface area contributed by atoms with Crippen LogP contribution in [0, 0.1) is 20.8 Å².